The van der Waals surface area contributed by atoms with E-state index in [1.54, 1.807) is 19.1 Å². The molecule has 18 heavy (non-hydrogen) atoms. The molecule has 92 valence electrons. The van der Waals surface area contributed by atoms with E-state index in [-0.39, 0.29) is 17.8 Å². The summed E-state index contributed by atoms with van der Waals surface area (Å²) < 4.78 is 31.8. The minimum Gasteiger partial charge on any atom is -0.375 e. The second-order valence-electron chi connectivity index (χ2n) is 3.71. The fourth-order valence-electron chi connectivity index (χ4n) is 1.49. The largest absolute Gasteiger partial charge is 0.375 e. The van der Waals surface area contributed by atoms with Gasteiger partial charge in [-0.15, -0.1) is 0 Å². The maximum Gasteiger partial charge on any atom is 0.150 e. The van der Waals surface area contributed by atoms with Crippen LogP contribution in [0.2, 0.25) is 0 Å². The van der Waals surface area contributed by atoms with Gasteiger partial charge >= 0.3 is 0 Å². The number of aromatic nitrogens is 1. The molecular weight excluding hydrogens is 240 g/mol. The summed E-state index contributed by atoms with van der Waals surface area (Å²) in [6.45, 7) is 1.86. The molecule has 0 spiro atoms. The lowest BCUT2D eigenvalue weighted by molar-refractivity contribution is 0.391. The minimum absolute atomic E-state index is 0.0622. The molecule has 0 atom stereocenters. The molecule has 0 aliphatic heterocycles. The standard InChI is InChI=1S/C12H9F2N3O/c1-7-2-9(17-18-7)6-16-12-10(13)3-8(5-15)4-11(12)14/h2-4,16H,6H2,1H3. The number of nitriles is 1. The number of halogens is 2. The molecule has 0 bridgehead atoms. The zero-order chi connectivity index (χ0) is 13.1. The summed E-state index contributed by atoms with van der Waals surface area (Å²) >= 11 is 0. The third-order valence-electron chi connectivity index (χ3n) is 2.29. The predicted molar refractivity (Wildman–Crippen MR) is 59.6 cm³/mol. The summed E-state index contributed by atoms with van der Waals surface area (Å²) in [5.41, 5.74) is 0.193. The fourth-order valence-corrected chi connectivity index (χ4v) is 1.49. The molecule has 6 heteroatoms. The van der Waals surface area contributed by atoms with Gasteiger partial charge < -0.3 is 9.84 Å². The van der Waals surface area contributed by atoms with Crippen LogP contribution in [0, 0.1) is 29.9 Å². The fraction of sp³-hybridized carbons (Fsp3) is 0.167. The van der Waals surface area contributed by atoms with Crippen molar-refractivity contribution < 1.29 is 13.3 Å². The third-order valence-corrected chi connectivity index (χ3v) is 2.29. The van der Waals surface area contributed by atoms with Gasteiger partial charge in [0.2, 0.25) is 0 Å². The molecule has 1 N–H and O–H groups in total. The van der Waals surface area contributed by atoms with Crippen LogP contribution < -0.4 is 5.32 Å². The topological polar surface area (TPSA) is 61.9 Å². The van der Waals surface area contributed by atoms with E-state index in [1.165, 1.54) is 0 Å². The van der Waals surface area contributed by atoms with Gasteiger partial charge in [-0.1, -0.05) is 5.16 Å². The molecular formula is C12H9F2N3O. The molecule has 1 heterocycles. The quantitative estimate of drug-likeness (QED) is 0.908. The molecule has 2 rings (SSSR count). The van der Waals surface area contributed by atoms with E-state index in [2.05, 4.69) is 10.5 Å². The minimum atomic E-state index is -0.813. The van der Waals surface area contributed by atoms with E-state index in [4.69, 9.17) is 9.78 Å². The van der Waals surface area contributed by atoms with Gasteiger partial charge in [-0.2, -0.15) is 5.26 Å². The van der Waals surface area contributed by atoms with Crippen molar-refractivity contribution in [3.8, 4) is 6.07 Å². The predicted octanol–water partition coefficient (Wildman–Crippen LogP) is 2.75. The van der Waals surface area contributed by atoms with Crippen LogP contribution >= 0.6 is 0 Å². The molecule has 0 amide bonds. The Morgan fingerprint density at radius 2 is 2.00 bits per heavy atom. The molecule has 0 aliphatic rings. The number of hydrogen-bond donors (Lipinski definition) is 1. The van der Waals surface area contributed by atoms with Gasteiger partial charge in [0.1, 0.15) is 17.1 Å². The Morgan fingerprint density at radius 3 is 2.50 bits per heavy atom. The Hall–Kier alpha value is -2.42. The summed E-state index contributed by atoms with van der Waals surface area (Å²) in [5.74, 6) is -1.01. The smallest absolute Gasteiger partial charge is 0.150 e. The van der Waals surface area contributed by atoms with Crippen molar-refractivity contribution in [1.82, 2.24) is 5.16 Å². The summed E-state index contributed by atoms with van der Waals surface area (Å²) in [5, 5.41) is 14.8. The number of anilines is 1. The number of aryl methyl sites for hydroxylation is 1. The number of rotatable bonds is 3. The van der Waals surface area contributed by atoms with E-state index in [0.717, 1.165) is 12.1 Å². The summed E-state index contributed by atoms with van der Waals surface area (Å²) in [6, 6.07) is 5.28. The molecule has 4 nitrogen and oxygen atoms in total. The normalized spacial score (nSPS) is 10.1. The van der Waals surface area contributed by atoms with Crippen LogP contribution in [0.4, 0.5) is 14.5 Å². The lowest BCUT2D eigenvalue weighted by atomic mass is 10.2. The third kappa shape index (κ3) is 2.46. The maximum atomic E-state index is 13.5. The lowest BCUT2D eigenvalue weighted by Crippen LogP contribution is -2.04. The van der Waals surface area contributed by atoms with Crippen molar-refractivity contribution in [3.05, 3.63) is 46.9 Å². The van der Waals surface area contributed by atoms with Gasteiger partial charge in [0.05, 0.1) is 18.2 Å². The average molecular weight is 249 g/mol. The number of nitrogens with one attached hydrogen (secondary N) is 1. The molecule has 0 radical (unpaired) electrons. The Balaban J connectivity index is 2.17. The van der Waals surface area contributed by atoms with Crippen LogP contribution in [-0.2, 0) is 6.54 Å². The molecule has 2 aromatic rings. The van der Waals surface area contributed by atoms with E-state index in [9.17, 15) is 8.78 Å². The first-order chi connectivity index (χ1) is 8.60. The van der Waals surface area contributed by atoms with E-state index < -0.39 is 11.6 Å². The first-order valence-electron chi connectivity index (χ1n) is 5.15. The average Bonchev–Trinajstić information content (AvgIpc) is 2.73. The summed E-state index contributed by atoms with van der Waals surface area (Å²) in [4.78, 5) is 0. The monoisotopic (exact) mass is 249 g/mol. The maximum absolute atomic E-state index is 13.5. The van der Waals surface area contributed by atoms with Gasteiger partial charge in [0, 0.05) is 6.07 Å². The zero-order valence-electron chi connectivity index (χ0n) is 9.50. The highest BCUT2D eigenvalue weighted by atomic mass is 19.1. The van der Waals surface area contributed by atoms with Crippen LogP contribution in [0.1, 0.15) is 17.0 Å². The molecule has 1 aromatic carbocycles. The van der Waals surface area contributed by atoms with Crippen molar-refractivity contribution in [3.63, 3.8) is 0 Å². The van der Waals surface area contributed by atoms with Crippen molar-refractivity contribution in [2.45, 2.75) is 13.5 Å². The van der Waals surface area contributed by atoms with Gasteiger partial charge in [-0.25, -0.2) is 8.78 Å². The Labute approximate surface area is 102 Å². The Kier molecular flexibility index (Phi) is 3.24. The van der Waals surface area contributed by atoms with Crippen LogP contribution in [0.25, 0.3) is 0 Å². The van der Waals surface area contributed by atoms with E-state index in [1.807, 2.05) is 0 Å². The highest BCUT2D eigenvalue weighted by molar-refractivity contribution is 5.50. The van der Waals surface area contributed by atoms with Crippen LogP contribution in [0.3, 0.4) is 0 Å². The summed E-state index contributed by atoms with van der Waals surface area (Å²) in [6.07, 6.45) is 0. The first kappa shape index (κ1) is 12.0. The van der Waals surface area contributed by atoms with E-state index >= 15 is 0 Å². The van der Waals surface area contributed by atoms with Crippen molar-refractivity contribution >= 4 is 5.69 Å². The zero-order valence-corrected chi connectivity index (χ0v) is 9.50. The SMILES string of the molecule is Cc1cc(CNc2c(F)cc(C#N)cc2F)no1. The number of nitrogens with zero attached hydrogens (tertiary/aromatic N) is 2. The van der Waals surface area contributed by atoms with Crippen LogP contribution in [0.15, 0.2) is 22.7 Å². The molecule has 0 unspecified atom stereocenters. The molecule has 0 saturated heterocycles. The van der Waals surface area contributed by atoms with E-state index in [0.29, 0.717) is 11.5 Å². The molecule has 0 saturated carbocycles. The first-order valence-corrected chi connectivity index (χ1v) is 5.15. The summed E-state index contributed by atoms with van der Waals surface area (Å²) in [7, 11) is 0. The second kappa shape index (κ2) is 4.84. The Morgan fingerprint density at radius 1 is 1.33 bits per heavy atom. The van der Waals surface area contributed by atoms with Crippen molar-refractivity contribution in [1.29, 1.82) is 5.26 Å². The molecule has 1 aromatic heterocycles. The highest BCUT2D eigenvalue weighted by Crippen LogP contribution is 2.21. The van der Waals surface area contributed by atoms with Gasteiger partial charge in [-0.3, -0.25) is 0 Å². The van der Waals surface area contributed by atoms with Gasteiger partial charge in [0.25, 0.3) is 0 Å². The van der Waals surface area contributed by atoms with Crippen molar-refractivity contribution in [2.24, 2.45) is 0 Å². The van der Waals surface area contributed by atoms with Crippen LogP contribution in [0.5, 0.6) is 0 Å². The van der Waals surface area contributed by atoms with Gasteiger partial charge in [-0.05, 0) is 19.1 Å². The van der Waals surface area contributed by atoms with Gasteiger partial charge in [0.15, 0.2) is 11.6 Å². The molecule has 0 aliphatic carbocycles. The molecule has 0 fully saturated rings. The second-order valence-corrected chi connectivity index (χ2v) is 3.71. The number of benzene rings is 1. The Bertz CT molecular complexity index is 593. The number of hydrogen-bond acceptors (Lipinski definition) is 4. The highest BCUT2D eigenvalue weighted by Gasteiger charge is 2.11. The lowest BCUT2D eigenvalue weighted by Gasteiger charge is -2.07. The van der Waals surface area contributed by atoms with Crippen molar-refractivity contribution in [2.75, 3.05) is 5.32 Å². The van der Waals surface area contributed by atoms with Crippen LogP contribution in [-0.4, -0.2) is 5.16 Å².